The molecular formula is C21H19N3O4. The molecule has 3 rings (SSSR count). The fraction of sp³-hybridized carbons (Fsp3) is 0.143. The monoisotopic (exact) mass is 377 g/mol. The minimum Gasteiger partial charge on any atom is -0.478 e. The highest BCUT2D eigenvalue weighted by atomic mass is 16.6. The molecule has 7 heteroatoms. The van der Waals surface area contributed by atoms with E-state index in [0.717, 1.165) is 17.0 Å². The summed E-state index contributed by atoms with van der Waals surface area (Å²) in [5.41, 5.74) is 4.78. The van der Waals surface area contributed by atoms with Gasteiger partial charge >= 0.3 is 5.97 Å². The van der Waals surface area contributed by atoms with Crippen LogP contribution in [0.2, 0.25) is 0 Å². The summed E-state index contributed by atoms with van der Waals surface area (Å²) in [5.74, 6) is -0.988. The van der Waals surface area contributed by atoms with E-state index in [1.165, 1.54) is 12.1 Å². The third-order valence-electron chi connectivity index (χ3n) is 4.65. The van der Waals surface area contributed by atoms with E-state index in [-0.39, 0.29) is 11.3 Å². The highest BCUT2D eigenvalue weighted by Crippen LogP contribution is 2.25. The van der Waals surface area contributed by atoms with Gasteiger partial charge in [-0.15, -0.1) is 0 Å². The Morgan fingerprint density at radius 3 is 2.54 bits per heavy atom. The molecule has 0 amide bonds. The Kier molecular flexibility index (Phi) is 5.08. The second-order valence-corrected chi connectivity index (χ2v) is 6.45. The molecule has 0 saturated carbocycles. The van der Waals surface area contributed by atoms with E-state index in [9.17, 15) is 20.0 Å². The van der Waals surface area contributed by atoms with Gasteiger partial charge in [-0.25, -0.2) is 4.79 Å². The molecule has 1 heterocycles. The van der Waals surface area contributed by atoms with Crippen molar-refractivity contribution in [3.63, 3.8) is 0 Å². The van der Waals surface area contributed by atoms with Crippen LogP contribution in [0.1, 0.15) is 32.9 Å². The van der Waals surface area contributed by atoms with Crippen LogP contribution >= 0.6 is 0 Å². The number of carboxylic acid groups (broad SMARTS) is 1. The number of rotatable bonds is 5. The van der Waals surface area contributed by atoms with Crippen LogP contribution in [-0.2, 0) is 0 Å². The lowest BCUT2D eigenvalue weighted by Crippen LogP contribution is -2.00. The van der Waals surface area contributed by atoms with Crippen LogP contribution in [-0.4, -0.2) is 26.8 Å². The minimum atomic E-state index is -0.988. The summed E-state index contributed by atoms with van der Waals surface area (Å²) in [6, 6.07) is 13.4. The van der Waals surface area contributed by atoms with Crippen LogP contribution in [0.25, 0.3) is 5.69 Å². The second kappa shape index (κ2) is 7.48. The highest BCUT2D eigenvalue weighted by Gasteiger charge is 2.13. The van der Waals surface area contributed by atoms with Gasteiger partial charge in [0.1, 0.15) is 0 Å². The number of aromatic carboxylic acids is 1. The number of aromatic nitrogens is 1. The number of nitro benzene ring substituents is 1. The van der Waals surface area contributed by atoms with Crippen molar-refractivity contribution in [3.05, 3.63) is 86.7 Å². The van der Waals surface area contributed by atoms with E-state index in [1.807, 2.05) is 30.5 Å². The van der Waals surface area contributed by atoms with Gasteiger partial charge in [0.05, 0.1) is 21.9 Å². The SMILES string of the molecule is Cc1c(N=Cc2cc(C)n(-c3cccc([N+](=O)[O-])c3)c2C)cccc1C(=O)O. The first-order valence-corrected chi connectivity index (χ1v) is 8.60. The standard InChI is InChI=1S/C21H19N3O4/c1-13-10-16(12-22-20-9-5-8-19(14(20)2)21(25)26)15(3)23(13)17-6-4-7-18(11-17)24(27)28/h4-12H,1-3H3,(H,25,26). The number of non-ortho nitro benzene ring substituents is 1. The average Bonchev–Trinajstić information content (AvgIpc) is 2.94. The lowest BCUT2D eigenvalue weighted by Gasteiger charge is -2.09. The summed E-state index contributed by atoms with van der Waals surface area (Å²) < 4.78 is 1.93. The van der Waals surface area contributed by atoms with Crippen molar-refractivity contribution < 1.29 is 14.8 Å². The molecule has 0 atom stereocenters. The lowest BCUT2D eigenvalue weighted by atomic mass is 10.1. The first-order chi connectivity index (χ1) is 13.3. The number of benzene rings is 2. The first kappa shape index (κ1) is 19.0. The van der Waals surface area contributed by atoms with Crippen molar-refractivity contribution in [1.29, 1.82) is 0 Å². The van der Waals surface area contributed by atoms with Gasteiger partial charge in [0.15, 0.2) is 0 Å². The van der Waals surface area contributed by atoms with Crippen LogP contribution in [0, 0.1) is 30.9 Å². The molecule has 0 bridgehead atoms. The van der Waals surface area contributed by atoms with Crippen LogP contribution in [0.15, 0.2) is 53.5 Å². The number of nitro groups is 1. The van der Waals surface area contributed by atoms with Crippen LogP contribution in [0.5, 0.6) is 0 Å². The summed E-state index contributed by atoms with van der Waals surface area (Å²) in [6.07, 6.45) is 1.68. The number of carboxylic acids is 1. The van der Waals surface area contributed by atoms with Crippen molar-refractivity contribution in [2.45, 2.75) is 20.8 Å². The maximum absolute atomic E-state index is 11.3. The van der Waals surface area contributed by atoms with Crippen LogP contribution < -0.4 is 0 Å². The first-order valence-electron chi connectivity index (χ1n) is 8.60. The molecular weight excluding hydrogens is 358 g/mol. The maximum atomic E-state index is 11.3. The molecule has 1 aromatic heterocycles. The molecule has 3 aromatic rings. The molecule has 142 valence electrons. The van der Waals surface area contributed by atoms with Crippen molar-refractivity contribution in [3.8, 4) is 5.69 Å². The molecule has 7 nitrogen and oxygen atoms in total. The van der Waals surface area contributed by atoms with Gasteiger partial charge in [-0.3, -0.25) is 15.1 Å². The van der Waals surface area contributed by atoms with Crippen LogP contribution in [0.4, 0.5) is 11.4 Å². The van der Waals surface area contributed by atoms with Gasteiger partial charge in [-0.2, -0.15) is 0 Å². The molecule has 1 N–H and O–H groups in total. The van der Waals surface area contributed by atoms with E-state index in [0.29, 0.717) is 16.9 Å². The normalized spacial score (nSPS) is 11.1. The van der Waals surface area contributed by atoms with Gasteiger partial charge in [-0.05, 0) is 50.6 Å². The molecule has 0 saturated heterocycles. The van der Waals surface area contributed by atoms with Gasteiger partial charge in [0.25, 0.3) is 5.69 Å². The number of aryl methyl sites for hydroxylation is 1. The smallest absolute Gasteiger partial charge is 0.336 e. The van der Waals surface area contributed by atoms with Gasteiger partial charge < -0.3 is 9.67 Å². The Bertz CT molecular complexity index is 1110. The molecule has 0 radical (unpaired) electrons. The summed E-state index contributed by atoms with van der Waals surface area (Å²) in [4.78, 5) is 26.4. The summed E-state index contributed by atoms with van der Waals surface area (Å²) in [7, 11) is 0. The average molecular weight is 377 g/mol. The molecule has 28 heavy (non-hydrogen) atoms. The Morgan fingerprint density at radius 2 is 1.86 bits per heavy atom. The lowest BCUT2D eigenvalue weighted by molar-refractivity contribution is -0.384. The van der Waals surface area contributed by atoms with E-state index in [4.69, 9.17) is 0 Å². The molecule has 0 aliphatic heterocycles. The van der Waals surface area contributed by atoms with Gasteiger partial charge in [0, 0.05) is 35.3 Å². The quantitative estimate of drug-likeness (QED) is 0.394. The second-order valence-electron chi connectivity index (χ2n) is 6.45. The molecule has 0 spiro atoms. The highest BCUT2D eigenvalue weighted by molar-refractivity contribution is 5.92. The Balaban J connectivity index is 2.01. The number of hydrogen-bond acceptors (Lipinski definition) is 4. The van der Waals surface area contributed by atoms with Crippen molar-refractivity contribution in [2.75, 3.05) is 0 Å². The Hall–Kier alpha value is -3.74. The third kappa shape index (κ3) is 3.55. The largest absolute Gasteiger partial charge is 0.478 e. The zero-order valence-corrected chi connectivity index (χ0v) is 15.7. The van der Waals surface area contributed by atoms with E-state index >= 15 is 0 Å². The summed E-state index contributed by atoms with van der Waals surface area (Å²) >= 11 is 0. The van der Waals surface area contributed by atoms with Gasteiger partial charge in [-0.1, -0.05) is 12.1 Å². The zero-order chi connectivity index (χ0) is 20.4. The van der Waals surface area contributed by atoms with Crippen molar-refractivity contribution in [1.82, 2.24) is 4.57 Å². The van der Waals surface area contributed by atoms with E-state index in [1.54, 1.807) is 37.4 Å². The van der Waals surface area contributed by atoms with Gasteiger partial charge in [0.2, 0.25) is 0 Å². The number of hydrogen-bond donors (Lipinski definition) is 1. The predicted molar refractivity (Wildman–Crippen MR) is 107 cm³/mol. The Morgan fingerprint density at radius 1 is 1.14 bits per heavy atom. The summed E-state index contributed by atoms with van der Waals surface area (Å²) in [6.45, 7) is 5.55. The molecule has 2 aromatic carbocycles. The third-order valence-corrected chi connectivity index (χ3v) is 4.65. The summed E-state index contributed by atoms with van der Waals surface area (Å²) in [5, 5.41) is 20.3. The predicted octanol–water partition coefficient (Wildman–Crippen LogP) is 4.76. The number of aliphatic imine (C=N–C) groups is 1. The Labute approximate surface area is 161 Å². The number of nitrogens with zero attached hydrogens (tertiary/aromatic N) is 3. The number of carbonyl (C=O) groups is 1. The minimum absolute atomic E-state index is 0.0290. The fourth-order valence-electron chi connectivity index (χ4n) is 3.20. The van der Waals surface area contributed by atoms with Crippen LogP contribution in [0.3, 0.4) is 0 Å². The molecule has 0 unspecified atom stereocenters. The van der Waals surface area contributed by atoms with Crippen molar-refractivity contribution >= 4 is 23.6 Å². The van der Waals surface area contributed by atoms with E-state index < -0.39 is 10.9 Å². The fourth-order valence-corrected chi connectivity index (χ4v) is 3.20. The molecule has 0 aliphatic rings. The molecule has 0 fully saturated rings. The zero-order valence-electron chi connectivity index (χ0n) is 15.7. The maximum Gasteiger partial charge on any atom is 0.336 e. The van der Waals surface area contributed by atoms with Crippen molar-refractivity contribution in [2.24, 2.45) is 4.99 Å². The molecule has 0 aliphatic carbocycles. The van der Waals surface area contributed by atoms with E-state index in [2.05, 4.69) is 4.99 Å². The topological polar surface area (TPSA) is 97.7 Å².